The lowest BCUT2D eigenvalue weighted by Crippen LogP contribution is -2.49. The Morgan fingerprint density at radius 2 is 1.83 bits per heavy atom. The largest absolute Gasteiger partial charge is 0.336 e. The molecule has 23 heavy (non-hydrogen) atoms. The molecule has 0 bridgehead atoms. The van der Waals surface area contributed by atoms with E-state index in [1.54, 1.807) is 18.3 Å². The zero-order valence-electron chi connectivity index (χ0n) is 13.0. The minimum absolute atomic E-state index is 0.0168. The van der Waals surface area contributed by atoms with E-state index in [1.165, 1.54) is 17.7 Å². The van der Waals surface area contributed by atoms with Crippen molar-refractivity contribution in [3.05, 3.63) is 65.7 Å². The number of piperazine rings is 1. The highest BCUT2D eigenvalue weighted by Crippen LogP contribution is 2.10. The highest BCUT2D eigenvalue weighted by atomic mass is 19.1. The highest BCUT2D eigenvalue weighted by Gasteiger charge is 2.21. The maximum Gasteiger partial charge on any atom is 0.253 e. The lowest BCUT2D eigenvalue weighted by Gasteiger charge is -2.34. The third kappa shape index (κ3) is 4.13. The van der Waals surface area contributed by atoms with E-state index in [4.69, 9.17) is 0 Å². The number of nitrogens with zero attached hydrogens (tertiary/aromatic N) is 3. The van der Waals surface area contributed by atoms with E-state index in [0.717, 1.165) is 26.1 Å². The number of halogens is 1. The molecule has 5 heteroatoms. The van der Waals surface area contributed by atoms with Gasteiger partial charge in [0.15, 0.2) is 0 Å². The van der Waals surface area contributed by atoms with Crippen molar-refractivity contribution in [2.45, 2.75) is 6.42 Å². The van der Waals surface area contributed by atoms with Crippen LogP contribution in [-0.2, 0) is 6.42 Å². The maximum absolute atomic E-state index is 12.9. The van der Waals surface area contributed by atoms with Crippen LogP contribution in [0.15, 0.2) is 48.8 Å². The summed E-state index contributed by atoms with van der Waals surface area (Å²) in [6.45, 7) is 4.14. The number of carbonyl (C=O) groups excluding carboxylic acids is 1. The fourth-order valence-corrected chi connectivity index (χ4v) is 2.78. The van der Waals surface area contributed by atoms with Gasteiger partial charge in [-0.05, 0) is 42.3 Å². The molecule has 0 atom stereocenters. The molecular formula is C18H20FN3O. The van der Waals surface area contributed by atoms with Gasteiger partial charge in [-0.25, -0.2) is 4.39 Å². The van der Waals surface area contributed by atoms with Crippen molar-refractivity contribution in [2.75, 3.05) is 32.7 Å². The third-order valence-corrected chi connectivity index (χ3v) is 4.19. The highest BCUT2D eigenvalue weighted by molar-refractivity contribution is 5.94. The summed E-state index contributed by atoms with van der Waals surface area (Å²) in [6.07, 6.45) is 4.65. The number of amides is 1. The van der Waals surface area contributed by atoms with Crippen molar-refractivity contribution in [1.82, 2.24) is 14.8 Å². The zero-order chi connectivity index (χ0) is 16.1. The van der Waals surface area contributed by atoms with Crippen LogP contribution in [0, 0.1) is 5.82 Å². The molecule has 3 rings (SSSR count). The first-order chi connectivity index (χ1) is 11.2. The van der Waals surface area contributed by atoms with Gasteiger partial charge in [0.05, 0.1) is 0 Å². The first-order valence-corrected chi connectivity index (χ1v) is 7.88. The molecule has 1 aromatic heterocycles. The summed E-state index contributed by atoms with van der Waals surface area (Å²) >= 11 is 0. The molecule has 1 aromatic carbocycles. The van der Waals surface area contributed by atoms with Crippen molar-refractivity contribution in [3.63, 3.8) is 0 Å². The fraction of sp³-hybridized carbons (Fsp3) is 0.333. The molecule has 0 saturated carbocycles. The van der Waals surface area contributed by atoms with Gasteiger partial charge in [0.1, 0.15) is 5.82 Å². The summed E-state index contributed by atoms with van der Waals surface area (Å²) in [5.41, 5.74) is 1.78. The van der Waals surface area contributed by atoms with E-state index >= 15 is 0 Å². The van der Waals surface area contributed by atoms with E-state index in [2.05, 4.69) is 16.0 Å². The third-order valence-electron chi connectivity index (χ3n) is 4.19. The number of hydrogen-bond donors (Lipinski definition) is 0. The van der Waals surface area contributed by atoms with Crippen LogP contribution in [-0.4, -0.2) is 53.4 Å². The second-order valence-corrected chi connectivity index (χ2v) is 5.75. The van der Waals surface area contributed by atoms with Crippen molar-refractivity contribution in [2.24, 2.45) is 0 Å². The molecule has 0 aliphatic carbocycles. The lowest BCUT2D eigenvalue weighted by molar-refractivity contribution is 0.0638. The topological polar surface area (TPSA) is 36.4 Å². The number of rotatable bonds is 4. The van der Waals surface area contributed by atoms with Gasteiger partial charge in [-0.15, -0.1) is 0 Å². The molecule has 1 aliphatic heterocycles. The molecular weight excluding hydrogens is 293 g/mol. The average Bonchev–Trinajstić information content (AvgIpc) is 2.61. The Balaban J connectivity index is 1.48. The minimum Gasteiger partial charge on any atom is -0.336 e. The predicted molar refractivity (Wildman–Crippen MR) is 86.7 cm³/mol. The number of carbonyl (C=O) groups is 1. The van der Waals surface area contributed by atoms with Crippen molar-refractivity contribution in [1.29, 1.82) is 0 Å². The van der Waals surface area contributed by atoms with E-state index in [1.807, 2.05) is 17.2 Å². The van der Waals surface area contributed by atoms with Crippen LogP contribution >= 0.6 is 0 Å². The summed E-state index contributed by atoms with van der Waals surface area (Å²) in [5.74, 6) is -0.335. The molecule has 1 saturated heterocycles. The second kappa shape index (κ2) is 7.33. The Bertz CT molecular complexity index is 637. The second-order valence-electron chi connectivity index (χ2n) is 5.75. The Kier molecular flexibility index (Phi) is 4.98. The van der Waals surface area contributed by atoms with Crippen LogP contribution in [0.1, 0.15) is 15.9 Å². The Labute approximate surface area is 135 Å². The number of aromatic nitrogens is 1. The molecule has 4 nitrogen and oxygen atoms in total. The molecule has 120 valence electrons. The van der Waals surface area contributed by atoms with Gasteiger partial charge in [0.2, 0.25) is 0 Å². The number of hydrogen-bond acceptors (Lipinski definition) is 3. The Hall–Kier alpha value is -2.27. The molecule has 1 amide bonds. The molecule has 0 radical (unpaired) electrons. The summed E-state index contributed by atoms with van der Waals surface area (Å²) in [4.78, 5) is 20.7. The zero-order valence-corrected chi connectivity index (χ0v) is 13.0. The smallest absolute Gasteiger partial charge is 0.253 e. The molecule has 1 aliphatic rings. The number of pyridine rings is 1. The van der Waals surface area contributed by atoms with Crippen LogP contribution in [0.5, 0.6) is 0 Å². The quantitative estimate of drug-likeness (QED) is 0.868. The van der Waals surface area contributed by atoms with Crippen LogP contribution in [0.4, 0.5) is 4.39 Å². The first kappa shape index (κ1) is 15.6. The number of benzene rings is 1. The molecule has 0 spiro atoms. The molecule has 0 unspecified atom stereocenters. The van der Waals surface area contributed by atoms with Gasteiger partial charge in [0.25, 0.3) is 5.91 Å². The minimum atomic E-state index is -0.318. The van der Waals surface area contributed by atoms with E-state index in [0.29, 0.717) is 18.7 Å². The normalized spacial score (nSPS) is 15.6. The SMILES string of the molecule is O=C(c1ccc(F)cc1)N1CCN(CCc2cccnc2)CC1. The van der Waals surface area contributed by atoms with Gasteiger partial charge in [-0.3, -0.25) is 14.7 Å². The summed E-state index contributed by atoms with van der Waals surface area (Å²) in [7, 11) is 0. The fourth-order valence-electron chi connectivity index (χ4n) is 2.78. The predicted octanol–water partition coefficient (Wildman–Crippen LogP) is 2.22. The Morgan fingerprint density at radius 3 is 2.48 bits per heavy atom. The monoisotopic (exact) mass is 313 g/mol. The molecule has 0 N–H and O–H groups in total. The van der Waals surface area contributed by atoms with Crippen molar-refractivity contribution in [3.8, 4) is 0 Å². The van der Waals surface area contributed by atoms with E-state index in [-0.39, 0.29) is 11.7 Å². The van der Waals surface area contributed by atoms with Gasteiger partial charge >= 0.3 is 0 Å². The standard InChI is InChI=1S/C18H20FN3O/c19-17-5-3-16(4-6-17)18(23)22-12-10-21(11-13-22)9-7-15-2-1-8-20-14-15/h1-6,8,14H,7,9-13H2. The van der Waals surface area contributed by atoms with Gasteiger partial charge in [0, 0.05) is 50.7 Å². The van der Waals surface area contributed by atoms with Crippen molar-refractivity contribution < 1.29 is 9.18 Å². The molecule has 1 fully saturated rings. The van der Waals surface area contributed by atoms with Crippen LogP contribution in [0.2, 0.25) is 0 Å². The Morgan fingerprint density at radius 1 is 1.09 bits per heavy atom. The van der Waals surface area contributed by atoms with E-state index < -0.39 is 0 Å². The summed E-state index contributed by atoms with van der Waals surface area (Å²) in [6, 6.07) is 9.80. The maximum atomic E-state index is 12.9. The first-order valence-electron chi connectivity index (χ1n) is 7.88. The van der Waals surface area contributed by atoms with Gasteiger partial charge in [-0.2, -0.15) is 0 Å². The van der Waals surface area contributed by atoms with Crippen LogP contribution in [0.25, 0.3) is 0 Å². The van der Waals surface area contributed by atoms with E-state index in [9.17, 15) is 9.18 Å². The van der Waals surface area contributed by atoms with Gasteiger partial charge < -0.3 is 4.90 Å². The molecule has 2 heterocycles. The van der Waals surface area contributed by atoms with Crippen LogP contribution in [0.3, 0.4) is 0 Å². The average molecular weight is 313 g/mol. The van der Waals surface area contributed by atoms with Crippen LogP contribution < -0.4 is 0 Å². The summed E-state index contributed by atoms with van der Waals surface area (Å²) < 4.78 is 12.9. The molecule has 2 aromatic rings. The lowest BCUT2D eigenvalue weighted by atomic mass is 10.1. The summed E-state index contributed by atoms with van der Waals surface area (Å²) in [5, 5.41) is 0. The van der Waals surface area contributed by atoms with Crippen molar-refractivity contribution >= 4 is 5.91 Å². The van der Waals surface area contributed by atoms with Gasteiger partial charge in [-0.1, -0.05) is 6.07 Å².